The lowest BCUT2D eigenvalue weighted by molar-refractivity contribution is 0.190. The molecule has 5 nitrogen and oxygen atoms in total. The highest BCUT2D eigenvalue weighted by molar-refractivity contribution is 5.85. The number of benzene rings is 1. The van der Waals surface area contributed by atoms with Gasteiger partial charge in [0.15, 0.2) is 5.82 Å². The molecular weight excluding hydrogens is 338 g/mol. The summed E-state index contributed by atoms with van der Waals surface area (Å²) >= 11 is 0. The third-order valence-corrected chi connectivity index (χ3v) is 4.74. The summed E-state index contributed by atoms with van der Waals surface area (Å²) in [5.74, 6) is 0.168. The van der Waals surface area contributed by atoms with E-state index in [0.717, 1.165) is 32.1 Å². The molecule has 130 valence electrons. The van der Waals surface area contributed by atoms with Crippen LogP contribution in [0.25, 0.3) is 0 Å². The molecule has 2 fully saturated rings. The van der Waals surface area contributed by atoms with Crippen molar-refractivity contribution in [1.29, 1.82) is 0 Å². The highest BCUT2D eigenvalue weighted by Crippen LogP contribution is 2.54. The number of nitrogens with one attached hydrogen (secondary N) is 1. The minimum absolute atomic E-state index is 0. The first-order valence-electron chi connectivity index (χ1n) is 7.83. The first-order chi connectivity index (χ1) is 11.1. The number of hydrogen-bond acceptors (Lipinski definition) is 5. The molecule has 1 saturated carbocycles. The summed E-state index contributed by atoms with van der Waals surface area (Å²) in [6, 6.07) is 3.81. The van der Waals surface area contributed by atoms with Gasteiger partial charge in [0.05, 0.1) is 6.04 Å². The number of hydrogen-bond donors (Lipinski definition) is 1. The Hall–Kier alpha value is -1.57. The maximum Gasteiger partial charge on any atom is 0.230 e. The minimum atomic E-state index is -0.559. The summed E-state index contributed by atoms with van der Waals surface area (Å²) in [6.45, 7) is 2.67. The summed E-state index contributed by atoms with van der Waals surface area (Å²) in [5.41, 5.74) is 0.521. The van der Waals surface area contributed by atoms with Crippen molar-refractivity contribution in [2.75, 3.05) is 26.7 Å². The largest absolute Gasteiger partial charge is 0.339 e. The van der Waals surface area contributed by atoms with Crippen molar-refractivity contribution < 1.29 is 13.3 Å². The zero-order chi connectivity index (χ0) is 16.0. The summed E-state index contributed by atoms with van der Waals surface area (Å²) in [4.78, 5) is 6.70. The van der Waals surface area contributed by atoms with E-state index < -0.39 is 11.6 Å². The predicted octanol–water partition coefficient (Wildman–Crippen LogP) is 2.62. The van der Waals surface area contributed by atoms with Crippen molar-refractivity contribution in [2.45, 2.75) is 24.3 Å². The van der Waals surface area contributed by atoms with Gasteiger partial charge in [-0.05, 0) is 31.0 Å². The van der Waals surface area contributed by atoms with E-state index in [1.54, 1.807) is 0 Å². The highest BCUT2D eigenvalue weighted by atomic mass is 35.5. The zero-order valence-corrected chi connectivity index (χ0v) is 14.0. The van der Waals surface area contributed by atoms with Crippen molar-refractivity contribution in [1.82, 2.24) is 20.4 Å². The summed E-state index contributed by atoms with van der Waals surface area (Å²) in [7, 11) is 2.04. The maximum atomic E-state index is 13.9. The van der Waals surface area contributed by atoms with Crippen LogP contribution in [-0.4, -0.2) is 41.7 Å². The molecule has 3 unspecified atom stereocenters. The van der Waals surface area contributed by atoms with E-state index in [1.807, 2.05) is 7.05 Å². The Kier molecular flexibility index (Phi) is 4.85. The topological polar surface area (TPSA) is 54.2 Å². The molecule has 0 bridgehead atoms. The number of halogens is 3. The van der Waals surface area contributed by atoms with Gasteiger partial charge >= 0.3 is 0 Å². The van der Waals surface area contributed by atoms with Gasteiger partial charge in [0.25, 0.3) is 0 Å². The third kappa shape index (κ3) is 3.16. The predicted molar refractivity (Wildman–Crippen MR) is 86.2 cm³/mol. The van der Waals surface area contributed by atoms with E-state index in [2.05, 4.69) is 20.4 Å². The van der Waals surface area contributed by atoms with Crippen molar-refractivity contribution in [3.8, 4) is 0 Å². The van der Waals surface area contributed by atoms with Gasteiger partial charge in [0, 0.05) is 31.6 Å². The molecule has 2 aromatic rings. The van der Waals surface area contributed by atoms with Gasteiger partial charge in [-0.3, -0.25) is 4.90 Å². The lowest BCUT2D eigenvalue weighted by atomic mass is 10.1. The molecule has 0 spiro atoms. The van der Waals surface area contributed by atoms with Crippen molar-refractivity contribution in [3.63, 3.8) is 0 Å². The number of nitrogens with zero attached hydrogens (tertiary/aromatic N) is 3. The lowest BCUT2D eigenvalue weighted by Gasteiger charge is -2.30. The van der Waals surface area contributed by atoms with Crippen LogP contribution < -0.4 is 5.32 Å². The Balaban J connectivity index is 0.00000169. The fourth-order valence-electron chi connectivity index (χ4n) is 3.24. The van der Waals surface area contributed by atoms with Crippen LogP contribution in [0, 0.1) is 11.6 Å². The van der Waals surface area contributed by atoms with E-state index in [9.17, 15) is 8.78 Å². The SMILES string of the molecule is CN1CCNCC1c1noc(C2CC2c2ccc(F)cc2F)n1.Cl. The van der Waals surface area contributed by atoms with E-state index in [1.165, 1.54) is 12.1 Å². The standard InChI is InChI=1S/C16H18F2N4O.ClH/c1-22-5-4-19-8-14(22)15-20-16(23-21-15)12-7-11(12)10-3-2-9(17)6-13(10)18;/h2-3,6,11-12,14,19H,4-5,7-8H2,1H3;1H. The van der Waals surface area contributed by atoms with Gasteiger partial charge in [-0.1, -0.05) is 11.2 Å². The minimum Gasteiger partial charge on any atom is -0.339 e. The molecule has 3 atom stereocenters. The van der Waals surface area contributed by atoms with Crippen LogP contribution in [0.2, 0.25) is 0 Å². The molecule has 1 N–H and O–H groups in total. The van der Waals surface area contributed by atoms with Gasteiger partial charge in [0.1, 0.15) is 11.6 Å². The van der Waals surface area contributed by atoms with E-state index in [4.69, 9.17) is 4.52 Å². The van der Waals surface area contributed by atoms with Crippen LogP contribution in [0.1, 0.15) is 41.6 Å². The average molecular weight is 357 g/mol. The highest BCUT2D eigenvalue weighted by Gasteiger charge is 2.45. The van der Waals surface area contributed by atoms with Gasteiger partial charge in [-0.25, -0.2) is 8.78 Å². The van der Waals surface area contributed by atoms with Gasteiger partial charge in [-0.15, -0.1) is 12.4 Å². The van der Waals surface area contributed by atoms with Crippen LogP contribution >= 0.6 is 12.4 Å². The molecule has 8 heteroatoms. The Bertz CT molecular complexity index is 726. The number of aromatic nitrogens is 2. The first kappa shape index (κ1) is 17.3. The van der Waals surface area contributed by atoms with E-state index in [-0.39, 0.29) is 30.3 Å². The molecule has 0 amide bonds. The fraction of sp³-hybridized carbons (Fsp3) is 0.500. The summed E-state index contributed by atoms with van der Waals surface area (Å²) in [5, 5.41) is 7.41. The van der Waals surface area contributed by atoms with Crippen molar-refractivity contribution in [3.05, 3.63) is 47.1 Å². The second kappa shape index (κ2) is 6.74. The van der Waals surface area contributed by atoms with E-state index in [0.29, 0.717) is 17.3 Å². The fourth-order valence-corrected chi connectivity index (χ4v) is 3.24. The van der Waals surface area contributed by atoms with Crippen LogP contribution in [0.15, 0.2) is 22.7 Å². The van der Waals surface area contributed by atoms with Crippen molar-refractivity contribution >= 4 is 12.4 Å². The Labute approximate surface area is 144 Å². The molecule has 1 aromatic carbocycles. The van der Waals surface area contributed by atoms with Gasteiger partial charge in [0.2, 0.25) is 5.89 Å². The van der Waals surface area contributed by atoms with E-state index >= 15 is 0 Å². The second-order valence-electron chi connectivity index (χ2n) is 6.31. The van der Waals surface area contributed by atoms with Crippen LogP contribution in [0.4, 0.5) is 8.78 Å². The third-order valence-electron chi connectivity index (χ3n) is 4.74. The molecule has 2 heterocycles. The monoisotopic (exact) mass is 356 g/mol. The summed E-state index contributed by atoms with van der Waals surface area (Å²) < 4.78 is 32.3. The molecule has 4 rings (SSSR count). The Morgan fingerprint density at radius 1 is 1.29 bits per heavy atom. The molecular formula is C16H19ClF2N4O. The molecule has 1 aromatic heterocycles. The molecule has 1 saturated heterocycles. The lowest BCUT2D eigenvalue weighted by Crippen LogP contribution is -2.44. The van der Waals surface area contributed by atoms with Crippen LogP contribution in [0.5, 0.6) is 0 Å². The summed E-state index contributed by atoms with van der Waals surface area (Å²) in [6.07, 6.45) is 0.753. The molecule has 24 heavy (non-hydrogen) atoms. The smallest absolute Gasteiger partial charge is 0.230 e. The zero-order valence-electron chi connectivity index (χ0n) is 13.2. The molecule has 0 radical (unpaired) electrons. The first-order valence-corrected chi connectivity index (χ1v) is 7.83. The Morgan fingerprint density at radius 3 is 2.88 bits per heavy atom. The maximum absolute atomic E-state index is 13.9. The average Bonchev–Trinajstić information content (AvgIpc) is 3.16. The van der Waals surface area contributed by atoms with Gasteiger partial charge in [-0.2, -0.15) is 4.98 Å². The Morgan fingerprint density at radius 2 is 2.12 bits per heavy atom. The second-order valence-corrected chi connectivity index (χ2v) is 6.31. The van der Waals surface area contributed by atoms with Crippen LogP contribution in [0.3, 0.4) is 0 Å². The molecule has 2 aliphatic rings. The normalized spacial score (nSPS) is 26.9. The quantitative estimate of drug-likeness (QED) is 0.916. The van der Waals surface area contributed by atoms with Crippen molar-refractivity contribution in [2.24, 2.45) is 0 Å². The number of likely N-dealkylation sites (N-methyl/N-ethyl adjacent to an activating group) is 1. The molecule has 1 aliphatic heterocycles. The van der Waals surface area contributed by atoms with Gasteiger partial charge < -0.3 is 9.84 Å². The number of piperazine rings is 1. The van der Waals surface area contributed by atoms with Crippen LogP contribution in [-0.2, 0) is 0 Å². The number of rotatable bonds is 3. The molecule has 1 aliphatic carbocycles.